The molecule has 1 heterocycles. The van der Waals surface area contributed by atoms with Crippen LogP contribution in [0.5, 0.6) is 0 Å². The summed E-state index contributed by atoms with van der Waals surface area (Å²) in [5.74, 6) is -0.102. The van der Waals surface area contributed by atoms with E-state index >= 15 is 0 Å². The van der Waals surface area contributed by atoms with Gasteiger partial charge in [0.2, 0.25) is 0 Å². The number of carbonyl (C=O) groups excluding carboxylic acids is 1. The number of para-hydroxylation sites is 1. The summed E-state index contributed by atoms with van der Waals surface area (Å²) in [6, 6.07) is 9.23. The molecule has 1 aromatic carbocycles. The van der Waals surface area contributed by atoms with Gasteiger partial charge >= 0.3 is 0 Å². The van der Waals surface area contributed by atoms with Crippen molar-refractivity contribution in [3.8, 4) is 5.69 Å². The predicted octanol–water partition coefficient (Wildman–Crippen LogP) is 0.838. The first kappa shape index (κ1) is 15.2. The van der Waals surface area contributed by atoms with Gasteiger partial charge in [-0.1, -0.05) is 12.1 Å². The van der Waals surface area contributed by atoms with Crippen molar-refractivity contribution in [1.82, 2.24) is 20.4 Å². The summed E-state index contributed by atoms with van der Waals surface area (Å²) in [6.07, 6.45) is 3.51. The second-order valence-corrected chi connectivity index (χ2v) is 4.47. The fourth-order valence-electron chi connectivity index (χ4n) is 1.94. The number of nitrogens with zero attached hydrogens (tertiary/aromatic N) is 2. The Hall–Kier alpha value is -2.18. The highest BCUT2D eigenvalue weighted by atomic mass is 16.5. The van der Waals surface area contributed by atoms with Crippen LogP contribution >= 0.6 is 0 Å². The summed E-state index contributed by atoms with van der Waals surface area (Å²) in [6.45, 7) is 2.71. The standard InChI is InChI=1S/C15H20N4O2/c1-21-12-10-16-8-9-17-15(20)13-5-2-3-6-14(13)19-11-4-7-18-19/h2-7,11,16H,8-10,12H2,1H3,(H,17,20). The Morgan fingerprint density at radius 3 is 2.86 bits per heavy atom. The smallest absolute Gasteiger partial charge is 0.253 e. The van der Waals surface area contributed by atoms with Gasteiger partial charge in [-0.15, -0.1) is 0 Å². The number of amides is 1. The summed E-state index contributed by atoms with van der Waals surface area (Å²) in [5.41, 5.74) is 1.38. The molecule has 0 aliphatic rings. The molecule has 1 aromatic heterocycles. The largest absolute Gasteiger partial charge is 0.383 e. The molecule has 2 rings (SSSR count). The zero-order valence-corrected chi connectivity index (χ0v) is 12.1. The van der Waals surface area contributed by atoms with Gasteiger partial charge in [0.05, 0.1) is 17.9 Å². The maximum Gasteiger partial charge on any atom is 0.253 e. The van der Waals surface area contributed by atoms with Crippen LogP contribution < -0.4 is 10.6 Å². The lowest BCUT2D eigenvalue weighted by Crippen LogP contribution is -2.33. The minimum Gasteiger partial charge on any atom is -0.383 e. The average Bonchev–Trinajstić information content (AvgIpc) is 3.05. The normalized spacial score (nSPS) is 10.5. The summed E-state index contributed by atoms with van der Waals surface area (Å²) in [4.78, 5) is 12.2. The molecule has 0 unspecified atom stereocenters. The molecular formula is C15H20N4O2. The van der Waals surface area contributed by atoms with Gasteiger partial charge in [-0.25, -0.2) is 4.68 Å². The van der Waals surface area contributed by atoms with Gasteiger partial charge in [0, 0.05) is 39.1 Å². The molecule has 0 saturated heterocycles. The maximum absolute atomic E-state index is 12.2. The number of methoxy groups -OCH3 is 1. The molecule has 0 aliphatic heterocycles. The van der Waals surface area contributed by atoms with Crippen LogP contribution in [0.2, 0.25) is 0 Å². The average molecular weight is 288 g/mol. The quantitative estimate of drug-likeness (QED) is 0.706. The van der Waals surface area contributed by atoms with Crippen molar-refractivity contribution in [3.05, 3.63) is 48.3 Å². The summed E-state index contributed by atoms with van der Waals surface area (Å²) in [7, 11) is 1.66. The lowest BCUT2D eigenvalue weighted by Gasteiger charge is -2.10. The molecule has 0 spiro atoms. The highest BCUT2D eigenvalue weighted by Gasteiger charge is 2.11. The molecule has 6 heteroatoms. The zero-order valence-electron chi connectivity index (χ0n) is 12.1. The van der Waals surface area contributed by atoms with E-state index in [2.05, 4.69) is 15.7 Å². The SMILES string of the molecule is COCCNCCNC(=O)c1ccccc1-n1cccn1. The van der Waals surface area contributed by atoms with E-state index in [0.29, 0.717) is 25.3 Å². The van der Waals surface area contributed by atoms with E-state index in [4.69, 9.17) is 4.74 Å². The van der Waals surface area contributed by atoms with Crippen LogP contribution in [0.4, 0.5) is 0 Å². The molecule has 0 saturated carbocycles. The number of nitrogens with one attached hydrogen (secondary N) is 2. The molecule has 112 valence electrons. The number of hydrogen-bond acceptors (Lipinski definition) is 4. The predicted molar refractivity (Wildman–Crippen MR) is 80.6 cm³/mol. The minimum absolute atomic E-state index is 0.102. The highest BCUT2D eigenvalue weighted by Crippen LogP contribution is 2.12. The van der Waals surface area contributed by atoms with Crippen LogP contribution in [-0.4, -0.2) is 49.0 Å². The van der Waals surface area contributed by atoms with Gasteiger partial charge in [-0.05, 0) is 18.2 Å². The summed E-state index contributed by atoms with van der Waals surface area (Å²) in [5, 5.41) is 10.2. The van der Waals surface area contributed by atoms with Gasteiger partial charge in [0.25, 0.3) is 5.91 Å². The van der Waals surface area contributed by atoms with Crippen molar-refractivity contribution < 1.29 is 9.53 Å². The van der Waals surface area contributed by atoms with Crippen molar-refractivity contribution >= 4 is 5.91 Å². The number of ether oxygens (including phenoxy) is 1. The summed E-state index contributed by atoms with van der Waals surface area (Å²) < 4.78 is 6.62. The van der Waals surface area contributed by atoms with E-state index in [-0.39, 0.29) is 5.91 Å². The highest BCUT2D eigenvalue weighted by molar-refractivity contribution is 5.97. The van der Waals surface area contributed by atoms with Crippen LogP contribution in [-0.2, 0) is 4.74 Å². The number of aromatic nitrogens is 2. The number of benzene rings is 1. The molecule has 0 atom stereocenters. The van der Waals surface area contributed by atoms with E-state index in [1.807, 2.05) is 30.5 Å². The van der Waals surface area contributed by atoms with Crippen molar-refractivity contribution in [2.75, 3.05) is 33.4 Å². The number of rotatable bonds is 8. The first-order valence-corrected chi connectivity index (χ1v) is 6.90. The molecule has 0 radical (unpaired) electrons. The summed E-state index contributed by atoms with van der Waals surface area (Å²) >= 11 is 0. The fourth-order valence-corrected chi connectivity index (χ4v) is 1.94. The van der Waals surface area contributed by atoms with Gasteiger partial charge in [0.15, 0.2) is 0 Å². The Morgan fingerprint density at radius 1 is 1.24 bits per heavy atom. The molecule has 21 heavy (non-hydrogen) atoms. The third-order valence-electron chi connectivity index (χ3n) is 2.97. The Morgan fingerprint density at radius 2 is 2.10 bits per heavy atom. The van der Waals surface area contributed by atoms with Crippen molar-refractivity contribution in [2.24, 2.45) is 0 Å². The second kappa shape index (κ2) is 8.18. The van der Waals surface area contributed by atoms with E-state index in [9.17, 15) is 4.79 Å². The lowest BCUT2D eigenvalue weighted by atomic mass is 10.1. The molecule has 6 nitrogen and oxygen atoms in total. The number of hydrogen-bond donors (Lipinski definition) is 2. The zero-order chi connectivity index (χ0) is 14.9. The molecule has 0 fully saturated rings. The monoisotopic (exact) mass is 288 g/mol. The van der Waals surface area contributed by atoms with Crippen molar-refractivity contribution in [3.63, 3.8) is 0 Å². The molecule has 1 amide bonds. The fraction of sp³-hybridized carbons (Fsp3) is 0.333. The van der Waals surface area contributed by atoms with Crippen LogP contribution in [0.15, 0.2) is 42.7 Å². The topological polar surface area (TPSA) is 68.2 Å². The Balaban J connectivity index is 1.91. The van der Waals surface area contributed by atoms with E-state index < -0.39 is 0 Å². The molecule has 0 aliphatic carbocycles. The first-order valence-electron chi connectivity index (χ1n) is 6.90. The van der Waals surface area contributed by atoms with Crippen LogP contribution in [0.25, 0.3) is 5.69 Å². The third kappa shape index (κ3) is 4.40. The van der Waals surface area contributed by atoms with Gasteiger partial charge in [-0.3, -0.25) is 4.79 Å². The van der Waals surface area contributed by atoms with Crippen molar-refractivity contribution in [2.45, 2.75) is 0 Å². The molecule has 2 aromatic rings. The first-order chi connectivity index (χ1) is 10.3. The van der Waals surface area contributed by atoms with Gasteiger partial charge < -0.3 is 15.4 Å². The van der Waals surface area contributed by atoms with Crippen LogP contribution in [0.1, 0.15) is 10.4 Å². The van der Waals surface area contributed by atoms with Gasteiger partial charge in [0.1, 0.15) is 0 Å². The Labute approximate surface area is 124 Å². The van der Waals surface area contributed by atoms with E-state index in [0.717, 1.165) is 12.2 Å². The molecule has 2 N–H and O–H groups in total. The maximum atomic E-state index is 12.2. The van der Waals surface area contributed by atoms with E-state index in [1.54, 1.807) is 24.1 Å². The second-order valence-electron chi connectivity index (χ2n) is 4.47. The lowest BCUT2D eigenvalue weighted by molar-refractivity contribution is 0.0953. The van der Waals surface area contributed by atoms with Gasteiger partial charge in [-0.2, -0.15) is 5.10 Å². The molecular weight excluding hydrogens is 268 g/mol. The minimum atomic E-state index is -0.102. The van der Waals surface area contributed by atoms with Crippen LogP contribution in [0.3, 0.4) is 0 Å². The Kier molecular flexibility index (Phi) is 5.93. The molecule has 0 bridgehead atoms. The Bertz CT molecular complexity index is 555. The van der Waals surface area contributed by atoms with E-state index in [1.165, 1.54) is 0 Å². The van der Waals surface area contributed by atoms with Crippen molar-refractivity contribution in [1.29, 1.82) is 0 Å². The van der Waals surface area contributed by atoms with Crippen LogP contribution in [0, 0.1) is 0 Å². The third-order valence-corrected chi connectivity index (χ3v) is 2.97. The number of carbonyl (C=O) groups is 1.